The van der Waals surface area contributed by atoms with Gasteiger partial charge in [-0.1, -0.05) is 16.7 Å². The normalized spacial score (nSPS) is 19.1. The number of rotatable bonds is 8. The minimum absolute atomic E-state index is 0.0777. The molecule has 1 saturated heterocycles. The predicted molar refractivity (Wildman–Crippen MR) is 99.3 cm³/mol. The molecule has 2 aromatic rings. The summed E-state index contributed by atoms with van der Waals surface area (Å²) >= 11 is 5.66. The van der Waals surface area contributed by atoms with Gasteiger partial charge in [-0.2, -0.15) is 13.2 Å². The second kappa shape index (κ2) is 10.1. The van der Waals surface area contributed by atoms with Crippen LogP contribution in [0.3, 0.4) is 0 Å². The Balaban J connectivity index is 1.39. The van der Waals surface area contributed by atoms with E-state index in [0.717, 1.165) is 6.07 Å². The number of carbonyl (C=O) groups excluding carboxylic acids is 1. The van der Waals surface area contributed by atoms with Crippen LogP contribution in [-0.4, -0.2) is 48.1 Å². The number of ether oxygens (including phenoxy) is 2. The van der Waals surface area contributed by atoms with E-state index in [9.17, 15) is 22.4 Å². The number of aromatic nitrogens is 2. The van der Waals surface area contributed by atoms with Crippen LogP contribution in [0.1, 0.15) is 31.2 Å². The van der Waals surface area contributed by atoms with Gasteiger partial charge in [0, 0.05) is 17.6 Å². The van der Waals surface area contributed by atoms with Gasteiger partial charge in [0.15, 0.2) is 18.2 Å². The SMILES string of the molecule is O=C(COc1ccc(Cl)cc1F)N[C@H]1CC[C@H](c2nnc(OCCC(F)(F)F)o2)NC1. The lowest BCUT2D eigenvalue weighted by Gasteiger charge is -2.28. The van der Waals surface area contributed by atoms with E-state index in [-0.39, 0.29) is 41.4 Å². The summed E-state index contributed by atoms with van der Waals surface area (Å²) in [5.41, 5.74) is 0. The van der Waals surface area contributed by atoms with E-state index in [4.69, 9.17) is 25.5 Å². The number of hydrogen-bond donors (Lipinski definition) is 2. The fourth-order valence-electron chi connectivity index (χ4n) is 2.87. The molecule has 2 N–H and O–H groups in total. The van der Waals surface area contributed by atoms with Crippen LogP contribution in [0.25, 0.3) is 0 Å². The second-order valence-electron chi connectivity index (χ2n) is 6.79. The molecule has 2 atom stereocenters. The topological polar surface area (TPSA) is 98.5 Å². The van der Waals surface area contributed by atoms with Crippen LogP contribution < -0.4 is 20.1 Å². The van der Waals surface area contributed by atoms with Crippen LogP contribution in [0, 0.1) is 5.82 Å². The summed E-state index contributed by atoms with van der Waals surface area (Å²) in [5.74, 6) is -0.971. The van der Waals surface area contributed by atoms with E-state index in [1.165, 1.54) is 12.1 Å². The van der Waals surface area contributed by atoms with Crippen LogP contribution in [0.5, 0.6) is 11.8 Å². The monoisotopic (exact) mass is 466 g/mol. The van der Waals surface area contributed by atoms with Crippen LogP contribution in [-0.2, 0) is 4.79 Å². The average molecular weight is 467 g/mol. The lowest BCUT2D eigenvalue weighted by atomic mass is 10.0. The zero-order chi connectivity index (χ0) is 22.4. The van der Waals surface area contributed by atoms with Crippen molar-refractivity contribution in [1.82, 2.24) is 20.8 Å². The molecule has 0 spiro atoms. The Morgan fingerprint density at radius 3 is 2.77 bits per heavy atom. The zero-order valence-electron chi connectivity index (χ0n) is 16.0. The van der Waals surface area contributed by atoms with E-state index in [1.807, 2.05) is 0 Å². The van der Waals surface area contributed by atoms with Gasteiger partial charge in [0.05, 0.1) is 12.5 Å². The van der Waals surface area contributed by atoms with Crippen molar-refractivity contribution in [2.75, 3.05) is 19.8 Å². The van der Waals surface area contributed by atoms with Crippen molar-refractivity contribution in [2.24, 2.45) is 0 Å². The van der Waals surface area contributed by atoms with Crippen LogP contribution in [0.4, 0.5) is 17.6 Å². The van der Waals surface area contributed by atoms with E-state index in [0.29, 0.717) is 19.4 Å². The maximum absolute atomic E-state index is 13.7. The third kappa shape index (κ3) is 7.24. The van der Waals surface area contributed by atoms with Gasteiger partial charge in [-0.25, -0.2) is 4.39 Å². The Morgan fingerprint density at radius 2 is 2.10 bits per heavy atom. The van der Waals surface area contributed by atoms with Gasteiger partial charge >= 0.3 is 12.3 Å². The molecular formula is C18H19ClF4N4O4. The molecular weight excluding hydrogens is 448 g/mol. The summed E-state index contributed by atoms with van der Waals surface area (Å²) in [6, 6.07) is 3.36. The summed E-state index contributed by atoms with van der Waals surface area (Å²) in [6.07, 6.45) is -4.68. The van der Waals surface area contributed by atoms with Gasteiger partial charge in [-0.3, -0.25) is 4.79 Å². The number of hydrogen-bond acceptors (Lipinski definition) is 7. The molecule has 1 aliphatic heterocycles. The minimum atomic E-state index is -4.33. The first-order valence-corrected chi connectivity index (χ1v) is 9.71. The highest BCUT2D eigenvalue weighted by Crippen LogP contribution is 2.25. The molecule has 0 unspecified atom stereocenters. The van der Waals surface area contributed by atoms with Crippen LogP contribution >= 0.6 is 11.6 Å². The maximum atomic E-state index is 13.7. The molecule has 170 valence electrons. The van der Waals surface area contributed by atoms with E-state index >= 15 is 0 Å². The van der Waals surface area contributed by atoms with Crippen molar-refractivity contribution < 1.29 is 36.2 Å². The Bertz CT molecular complexity index is 888. The number of nitrogens with zero attached hydrogens (tertiary/aromatic N) is 2. The summed E-state index contributed by atoms with van der Waals surface area (Å²) < 4.78 is 65.3. The number of nitrogens with one attached hydrogen (secondary N) is 2. The third-order valence-corrected chi connectivity index (χ3v) is 4.60. The quantitative estimate of drug-likeness (QED) is 0.576. The molecule has 1 aromatic heterocycles. The summed E-state index contributed by atoms with van der Waals surface area (Å²) in [5, 5.41) is 13.5. The Kier molecular flexibility index (Phi) is 7.55. The second-order valence-corrected chi connectivity index (χ2v) is 7.22. The molecule has 1 amide bonds. The number of benzene rings is 1. The molecule has 0 saturated carbocycles. The van der Waals surface area contributed by atoms with Crippen molar-refractivity contribution in [1.29, 1.82) is 0 Å². The lowest BCUT2D eigenvalue weighted by Crippen LogP contribution is -2.48. The molecule has 1 aliphatic rings. The fraction of sp³-hybridized carbons (Fsp3) is 0.500. The van der Waals surface area contributed by atoms with Crippen LogP contribution in [0.2, 0.25) is 5.02 Å². The highest BCUT2D eigenvalue weighted by molar-refractivity contribution is 6.30. The third-order valence-electron chi connectivity index (χ3n) is 4.36. The molecule has 13 heteroatoms. The highest BCUT2D eigenvalue weighted by Gasteiger charge is 2.29. The summed E-state index contributed by atoms with van der Waals surface area (Å²) in [6.45, 7) is -0.585. The first-order valence-electron chi connectivity index (χ1n) is 9.33. The maximum Gasteiger partial charge on any atom is 0.414 e. The van der Waals surface area contributed by atoms with Crippen molar-refractivity contribution in [3.63, 3.8) is 0 Å². The minimum Gasteiger partial charge on any atom is -0.481 e. The van der Waals surface area contributed by atoms with Crippen molar-refractivity contribution in [3.8, 4) is 11.8 Å². The van der Waals surface area contributed by atoms with Gasteiger partial charge in [-0.15, -0.1) is 5.10 Å². The van der Waals surface area contributed by atoms with Gasteiger partial charge in [0.25, 0.3) is 5.91 Å². The van der Waals surface area contributed by atoms with Gasteiger partial charge in [-0.05, 0) is 31.0 Å². The number of alkyl halides is 3. The predicted octanol–water partition coefficient (Wildman–Crippen LogP) is 3.18. The number of amides is 1. The largest absolute Gasteiger partial charge is 0.481 e. The van der Waals surface area contributed by atoms with Crippen molar-refractivity contribution >= 4 is 17.5 Å². The molecule has 31 heavy (non-hydrogen) atoms. The number of halogens is 5. The summed E-state index contributed by atoms with van der Waals surface area (Å²) in [7, 11) is 0. The first kappa shape index (κ1) is 23.1. The Hall–Kier alpha value is -2.60. The Labute approximate surface area is 179 Å². The molecule has 1 fully saturated rings. The van der Waals surface area contributed by atoms with E-state index in [2.05, 4.69) is 20.8 Å². The Morgan fingerprint density at radius 1 is 1.29 bits per heavy atom. The fourth-order valence-corrected chi connectivity index (χ4v) is 3.03. The number of piperidine rings is 1. The molecule has 2 heterocycles. The molecule has 0 radical (unpaired) electrons. The standard InChI is InChI=1S/C18H19ClF4N4O4/c19-10-1-4-14(12(20)7-10)30-9-15(28)25-11-2-3-13(24-8-11)16-26-27-17(31-16)29-6-5-18(21,22)23/h1,4,7,11,13,24H,2-3,5-6,8-9H2,(H,25,28)/t11-,13+/m0/s1. The molecule has 8 nitrogen and oxygen atoms in total. The van der Waals surface area contributed by atoms with E-state index < -0.39 is 30.9 Å². The average Bonchev–Trinajstić information content (AvgIpc) is 3.16. The smallest absolute Gasteiger partial charge is 0.414 e. The lowest BCUT2D eigenvalue weighted by molar-refractivity contribution is -0.140. The van der Waals surface area contributed by atoms with Gasteiger partial charge in [0.1, 0.15) is 6.61 Å². The first-order chi connectivity index (χ1) is 14.7. The summed E-state index contributed by atoms with van der Waals surface area (Å²) in [4.78, 5) is 12.0. The van der Waals surface area contributed by atoms with Gasteiger partial charge in [0.2, 0.25) is 5.89 Å². The van der Waals surface area contributed by atoms with E-state index in [1.54, 1.807) is 0 Å². The number of carbonyl (C=O) groups is 1. The van der Waals surface area contributed by atoms with Crippen molar-refractivity contribution in [2.45, 2.75) is 37.5 Å². The molecule has 0 aliphatic carbocycles. The van der Waals surface area contributed by atoms with Crippen molar-refractivity contribution in [3.05, 3.63) is 34.9 Å². The molecule has 0 bridgehead atoms. The molecule has 3 rings (SSSR count). The molecule has 1 aromatic carbocycles. The highest BCUT2D eigenvalue weighted by atomic mass is 35.5. The van der Waals surface area contributed by atoms with Crippen LogP contribution in [0.15, 0.2) is 22.6 Å². The zero-order valence-corrected chi connectivity index (χ0v) is 16.8. The van der Waals surface area contributed by atoms with Gasteiger partial charge < -0.3 is 24.5 Å².